The summed E-state index contributed by atoms with van der Waals surface area (Å²) in [6, 6.07) is 3.30. The van der Waals surface area contributed by atoms with Gasteiger partial charge >= 0.3 is 6.03 Å². The molecule has 4 atom stereocenters. The molecule has 26 heavy (non-hydrogen) atoms. The Morgan fingerprint density at radius 3 is 2.69 bits per heavy atom. The Morgan fingerprint density at radius 1 is 1.35 bits per heavy atom. The van der Waals surface area contributed by atoms with E-state index in [0.29, 0.717) is 13.1 Å². The fourth-order valence-corrected chi connectivity index (χ4v) is 5.50. The molecule has 4 heterocycles. The number of carbonyl (C=O) groups excluding carboxylic acids is 3. The van der Waals surface area contributed by atoms with Crippen molar-refractivity contribution in [2.24, 2.45) is 11.8 Å². The first-order chi connectivity index (χ1) is 12.5. The summed E-state index contributed by atoms with van der Waals surface area (Å²) in [6.45, 7) is 4.45. The van der Waals surface area contributed by atoms with Crippen molar-refractivity contribution in [1.82, 2.24) is 14.7 Å². The number of furan rings is 1. The van der Waals surface area contributed by atoms with Crippen molar-refractivity contribution in [3.63, 3.8) is 0 Å². The van der Waals surface area contributed by atoms with Gasteiger partial charge in [-0.05, 0) is 30.9 Å². The van der Waals surface area contributed by atoms with Gasteiger partial charge in [0.2, 0.25) is 5.91 Å². The summed E-state index contributed by atoms with van der Waals surface area (Å²) in [7, 11) is 0. The van der Waals surface area contributed by atoms with Crippen LogP contribution < -0.4 is 0 Å². The fourth-order valence-electron chi connectivity index (χ4n) is 5.50. The molecule has 138 valence electrons. The van der Waals surface area contributed by atoms with Crippen LogP contribution in [0.15, 0.2) is 22.8 Å². The van der Waals surface area contributed by atoms with E-state index in [1.54, 1.807) is 16.1 Å². The Bertz CT molecular complexity index is 787. The second kappa shape index (κ2) is 5.11. The van der Waals surface area contributed by atoms with E-state index >= 15 is 0 Å². The highest BCUT2D eigenvalue weighted by atomic mass is 16.3. The maximum absolute atomic E-state index is 13.5. The summed E-state index contributed by atoms with van der Waals surface area (Å²) >= 11 is 0. The van der Waals surface area contributed by atoms with E-state index in [1.807, 2.05) is 12.1 Å². The lowest BCUT2D eigenvalue weighted by Gasteiger charge is -2.31. The normalized spacial score (nSPS) is 36.1. The highest BCUT2D eigenvalue weighted by molar-refractivity contribution is 6.09. The van der Waals surface area contributed by atoms with Crippen molar-refractivity contribution in [2.45, 2.75) is 50.7 Å². The van der Waals surface area contributed by atoms with Crippen molar-refractivity contribution in [2.75, 3.05) is 13.1 Å². The Hall–Kier alpha value is -2.31. The van der Waals surface area contributed by atoms with Crippen LogP contribution in [0.1, 0.15) is 44.9 Å². The number of likely N-dealkylation sites (tertiary alicyclic amines) is 1. The minimum absolute atomic E-state index is 0.0272. The Labute approximate surface area is 151 Å². The molecule has 0 N–H and O–H groups in total. The van der Waals surface area contributed by atoms with Gasteiger partial charge in [0.1, 0.15) is 11.3 Å². The largest absolute Gasteiger partial charge is 0.467 e. The maximum Gasteiger partial charge on any atom is 0.328 e. The Morgan fingerprint density at radius 2 is 2.12 bits per heavy atom. The van der Waals surface area contributed by atoms with Crippen LogP contribution in [0.2, 0.25) is 0 Å². The van der Waals surface area contributed by atoms with Gasteiger partial charge in [0, 0.05) is 25.4 Å². The summed E-state index contributed by atoms with van der Waals surface area (Å²) in [6.07, 6.45) is 4.20. The van der Waals surface area contributed by atoms with E-state index in [-0.39, 0.29) is 41.8 Å². The van der Waals surface area contributed by atoms with E-state index in [9.17, 15) is 14.4 Å². The Balaban J connectivity index is 1.66. The lowest BCUT2D eigenvalue weighted by molar-refractivity contribution is -0.134. The predicted molar refractivity (Wildman–Crippen MR) is 90.8 cm³/mol. The molecule has 1 spiro atoms. The number of imide groups is 1. The van der Waals surface area contributed by atoms with Gasteiger partial charge in [-0.15, -0.1) is 0 Å². The smallest absolute Gasteiger partial charge is 0.328 e. The minimum atomic E-state index is -0.927. The third kappa shape index (κ3) is 1.76. The average molecular weight is 357 g/mol. The van der Waals surface area contributed by atoms with E-state index in [1.165, 1.54) is 11.8 Å². The van der Waals surface area contributed by atoms with Gasteiger partial charge in [0.05, 0.1) is 18.8 Å². The van der Waals surface area contributed by atoms with Crippen LogP contribution in [-0.2, 0) is 9.59 Å². The molecule has 3 aliphatic heterocycles. The quantitative estimate of drug-likeness (QED) is 0.776. The van der Waals surface area contributed by atoms with E-state index in [0.717, 1.165) is 25.0 Å². The van der Waals surface area contributed by atoms with Crippen LogP contribution in [-0.4, -0.2) is 57.2 Å². The molecule has 0 radical (unpaired) electrons. The monoisotopic (exact) mass is 357 g/mol. The van der Waals surface area contributed by atoms with Crippen molar-refractivity contribution in [3.05, 3.63) is 24.2 Å². The van der Waals surface area contributed by atoms with E-state index in [4.69, 9.17) is 4.42 Å². The van der Waals surface area contributed by atoms with E-state index < -0.39 is 5.54 Å². The summed E-state index contributed by atoms with van der Waals surface area (Å²) in [4.78, 5) is 43.9. The van der Waals surface area contributed by atoms with Gasteiger partial charge in [-0.25, -0.2) is 4.79 Å². The zero-order valence-electron chi connectivity index (χ0n) is 15.1. The molecule has 3 saturated heterocycles. The lowest BCUT2D eigenvalue weighted by Crippen LogP contribution is -2.52. The number of nitrogens with zero attached hydrogens (tertiary/aromatic N) is 3. The fraction of sp³-hybridized carbons (Fsp3) is 0.632. The second-order valence-corrected chi connectivity index (χ2v) is 8.02. The molecular formula is C19H23N3O4. The van der Waals surface area contributed by atoms with E-state index in [2.05, 4.69) is 6.92 Å². The number of rotatable bonds is 3. The molecule has 7 nitrogen and oxygen atoms in total. The first kappa shape index (κ1) is 15.9. The molecule has 0 aromatic carbocycles. The molecule has 1 saturated carbocycles. The second-order valence-electron chi connectivity index (χ2n) is 8.02. The van der Waals surface area contributed by atoms with Crippen molar-refractivity contribution in [3.8, 4) is 0 Å². The summed E-state index contributed by atoms with van der Waals surface area (Å²) in [5, 5.41) is 0. The van der Waals surface area contributed by atoms with Crippen LogP contribution in [0.25, 0.3) is 0 Å². The average Bonchev–Trinajstić information content (AvgIpc) is 3.00. The van der Waals surface area contributed by atoms with Crippen LogP contribution in [0.3, 0.4) is 0 Å². The molecule has 1 aliphatic carbocycles. The number of carbonyl (C=O) groups is 3. The van der Waals surface area contributed by atoms with Crippen molar-refractivity contribution >= 4 is 17.8 Å². The zero-order chi connectivity index (χ0) is 18.2. The van der Waals surface area contributed by atoms with Crippen molar-refractivity contribution < 1.29 is 18.8 Å². The van der Waals surface area contributed by atoms with Crippen LogP contribution in [0.5, 0.6) is 0 Å². The molecule has 0 bridgehead atoms. The highest BCUT2D eigenvalue weighted by Crippen LogP contribution is 2.59. The topological polar surface area (TPSA) is 74.1 Å². The zero-order valence-corrected chi connectivity index (χ0v) is 15.1. The number of hydrogen-bond donors (Lipinski definition) is 0. The highest BCUT2D eigenvalue weighted by Gasteiger charge is 2.74. The van der Waals surface area contributed by atoms with Crippen LogP contribution in [0, 0.1) is 11.8 Å². The van der Waals surface area contributed by atoms with Gasteiger partial charge in [0.15, 0.2) is 0 Å². The molecule has 4 amide bonds. The predicted octanol–water partition coefficient (Wildman–Crippen LogP) is 2.00. The SMILES string of the molecule is CC[C@@H]1[C@@H](c2ccco2)N2C(=O)N(C3CC3)C(=O)[C@]23CN(C(C)=O)C[C@H]13. The lowest BCUT2D eigenvalue weighted by atomic mass is 9.79. The first-order valence-electron chi connectivity index (χ1n) is 9.46. The number of hydrogen-bond acceptors (Lipinski definition) is 4. The minimum Gasteiger partial charge on any atom is -0.467 e. The van der Waals surface area contributed by atoms with Crippen LogP contribution >= 0.6 is 0 Å². The van der Waals surface area contributed by atoms with Gasteiger partial charge in [-0.2, -0.15) is 0 Å². The molecule has 1 aromatic heterocycles. The van der Waals surface area contributed by atoms with Crippen molar-refractivity contribution in [1.29, 1.82) is 0 Å². The maximum atomic E-state index is 13.5. The van der Waals surface area contributed by atoms with Gasteiger partial charge in [0.25, 0.3) is 5.91 Å². The van der Waals surface area contributed by atoms with Crippen LogP contribution in [0.4, 0.5) is 4.79 Å². The van der Waals surface area contributed by atoms with Gasteiger partial charge < -0.3 is 9.32 Å². The summed E-state index contributed by atoms with van der Waals surface area (Å²) in [5.41, 5.74) is -0.927. The molecular weight excluding hydrogens is 334 g/mol. The first-order valence-corrected chi connectivity index (χ1v) is 9.46. The standard InChI is InChI=1S/C19H23N3O4/c1-3-13-14-9-20(11(2)23)10-19(14)17(24)21(12-6-7-12)18(25)22(19)16(13)15-5-4-8-26-15/h4-5,8,12-14,16H,3,6-7,9-10H2,1-2H3/t13-,14+,16-,19+/m0/s1. The number of urea groups is 1. The molecule has 5 rings (SSSR count). The molecule has 7 heteroatoms. The number of amides is 4. The summed E-state index contributed by atoms with van der Waals surface area (Å²) < 4.78 is 5.68. The molecule has 4 aliphatic rings. The van der Waals surface area contributed by atoms with Gasteiger partial charge in [-0.3, -0.25) is 19.4 Å². The summed E-state index contributed by atoms with van der Waals surface area (Å²) in [5.74, 6) is 0.639. The Kier molecular flexibility index (Phi) is 3.13. The van der Waals surface area contributed by atoms with Gasteiger partial charge in [-0.1, -0.05) is 13.3 Å². The molecule has 0 unspecified atom stereocenters. The molecule has 1 aromatic rings. The third-order valence-corrected chi connectivity index (χ3v) is 6.76. The molecule has 4 fully saturated rings. The third-order valence-electron chi connectivity index (χ3n) is 6.76.